The summed E-state index contributed by atoms with van der Waals surface area (Å²) in [5, 5.41) is -0.923. The van der Waals surface area contributed by atoms with Crippen molar-refractivity contribution in [3.05, 3.63) is 46.2 Å². The van der Waals surface area contributed by atoms with Crippen LogP contribution in [0.5, 0.6) is 0 Å². The van der Waals surface area contributed by atoms with Crippen LogP contribution in [0.25, 0.3) is 0 Å². The number of nitrogens with zero attached hydrogens (tertiary/aromatic N) is 1. The van der Waals surface area contributed by atoms with Gasteiger partial charge in [0.2, 0.25) is 0 Å². The molecule has 2 rings (SSSR count). The molecule has 1 aromatic carbocycles. The fourth-order valence-electron chi connectivity index (χ4n) is 1.53. The van der Waals surface area contributed by atoms with E-state index in [1.54, 1.807) is 18.2 Å². The first-order valence-electron chi connectivity index (χ1n) is 5.78. The van der Waals surface area contributed by atoms with E-state index >= 15 is 0 Å². The lowest BCUT2D eigenvalue weighted by Gasteiger charge is -2.13. The Morgan fingerprint density at radius 3 is 2.62 bits per heavy atom. The van der Waals surface area contributed by atoms with Crippen LogP contribution in [0, 0.1) is 5.82 Å². The van der Waals surface area contributed by atoms with E-state index in [0.29, 0.717) is 21.1 Å². The Labute approximate surface area is 126 Å². The van der Waals surface area contributed by atoms with Crippen molar-refractivity contribution >= 4 is 23.1 Å². The number of hydrogen-bond donors (Lipinski definition) is 2. The van der Waals surface area contributed by atoms with Gasteiger partial charge in [-0.05, 0) is 12.1 Å². The number of thiazole rings is 1. The van der Waals surface area contributed by atoms with Gasteiger partial charge in [-0.2, -0.15) is 13.2 Å². The van der Waals surface area contributed by atoms with Gasteiger partial charge in [0.05, 0.1) is 6.04 Å². The van der Waals surface area contributed by atoms with Crippen molar-refractivity contribution in [1.82, 2.24) is 10.4 Å². The highest BCUT2D eigenvalue weighted by Crippen LogP contribution is 2.35. The van der Waals surface area contributed by atoms with Crippen LogP contribution >= 0.6 is 23.1 Å². The number of nitrogens with one attached hydrogen (secondary N) is 1. The molecule has 2 aromatic rings. The van der Waals surface area contributed by atoms with Crippen LogP contribution in [-0.2, 0) is 6.18 Å². The van der Waals surface area contributed by atoms with Crippen molar-refractivity contribution in [2.75, 3.05) is 5.75 Å². The summed E-state index contributed by atoms with van der Waals surface area (Å²) in [5.74, 6) is 5.28. The molecular weight excluding hydrogens is 326 g/mol. The second-order valence-electron chi connectivity index (χ2n) is 4.03. The molecule has 0 aliphatic heterocycles. The summed E-state index contributed by atoms with van der Waals surface area (Å²) in [6, 6.07) is 5.63. The summed E-state index contributed by atoms with van der Waals surface area (Å²) in [6.45, 7) is 0. The predicted molar refractivity (Wildman–Crippen MR) is 74.3 cm³/mol. The van der Waals surface area contributed by atoms with Gasteiger partial charge in [0.15, 0.2) is 5.01 Å². The summed E-state index contributed by atoms with van der Waals surface area (Å²) in [7, 11) is 0. The van der Waals surface area contributed by atoms with Crippen LogP contribution in [0.1, 0.15) is 15.9 Å². The molecule has 0 amide bonds. The molecule has 3 nitrogen and oxygen atoms in total. The third-order valence-corrected chi connectivity index (χ3v) is 4.85. The van der Waals surface area contributed by atoms with Gasteiger partial charge in [0.1, 0.15) is 5.82 Å². The fraction of sp³-hybridized carbons (Fsp3) is 0.250. The SMILES string of the molecule is NNC(CSc1ccccc1F)c1cnc(C(F)(F)F)s1. The van der Waals surface area contributed by atoms with Crippen molar-refractivity contribution in [3.8, 4) is 0 Å². The number of halogens is 4. The van der Waals surface area contributed by atoms with Gasteiger partial charge < -0.3 is 0 Å². The molecule has 0 aliphatic rings. The molecular formula is C12H11F4N3S2. The molecule has 0 spiro atoms. The molecule has 0 saturated heterocycles. The molecule has 0 aliphatic carbocycles. The quantitative estimate of drug-likeness (QED) is 0.379. The number of alkyl halides is 3. The first kappa shape index (κ1) is 16.2. The minimum atomic E-state index is -4.47. The number of hydrogen-bond acceptors (Lipinski definition) is 5. The molecule has 114 valence electrons. The van der Waals surface area contributed by atoms with E-state index in [4.69, 9.17) is 5.84 Å². The number of nitrogens with two attached hydrogens (primary N) is 1. The Balaban J connectivity index is 2.07. The Hall–Kier alpha value is -1.16. The van der Waals surface area contributed by atoms with Crippen LogP contribution in [-0.4, -0.2) is 10.7 Å². The van der Waals surface area contributed by atoms with Gasteiger partial charge in [-0.1, -0.05) is 12.1 Å². The maximum absolute atomic E-state index is 13.5. The second-order valence-corrected chi connectivity index (χ2v) is 6.15. The van der Waals surface area contributed by atoms with Crippen molar-refractivity contribution in [2.24, 2.45) is 5.84 Å². The summed E-state index contributed by atoms with van der Waals surface area (Å²) < 4.78 is 51.0. The largest absolute Gasteiger partial charge is 0.443 e. The number of aromatic nitrogens is 1. The average Bonchev–Trinajstić information content (AvgIpc) is 2.91. The normalized spacial score (nSPS) is 13.4. The zero-order valence-electron chi connectivity index (χ0n) is 10.5. The van der Waals surface area contributed by atoms with Gasteiger partial charge in [0, 0.05) is 21.7 Å². The molecule has 3 N–H and O–H groups in total. The van der Waals surface area contributed by atoms with Crippen LogP contribution < -0.4 is 11.3 Å². The zero-order valence-corrected chi connectivity index (χ0v) is 12.2. The topological polar surface area (TPSA) is 50.9 Å². The van der Waals surface area contributed by atoms with Crippen LogP contribution in [0.3, 0.4) is 0 Å². The molecule has 1 unspecified atom stereocenters. The third-order valence-electron chi connectivity index (χ3n) is 2.55. The lowest BCUT2D eigenvalue weighted by atomic mass is 10.3. The molecule has 0 fully saturated rings. The van der Waals surface area contributed by atoms with E-state index in [9.17, 15) is 17.6 Å². The van der Waals surface area contributed by atoms with Gasteiger partial charge in [-0.15, -0.1) is 23.1 Å². The summed E-state index contributed by atoms with van der Waals surface area (Å²) in [6.07, 6.45) is -3.33. The number of thioether (sulfide) groups is 1. The van der Waals surface area contributed by atoms with Gasteiger partial charge in [0.25, 0.3) is 0 Å². The van der Waals surface area contributed by atoms with Crippen LogP contribution in [0.4, 0.5) is 17.6 Å². The second kappa shape index (κ2) is 6.73. The monoisotopic (exact) mass is 337 g/mol. The van der Waals surface area contributed by atoms with Gasteiger partial charge >= 0.3 is 6.18 Å². The molecule has 0 bridgehead atoms. The number of hydrazine groups is 1. The van der Waals surface area contributed by atoms with Gasteiger partial charge in [-0.3, -0.25) is 11.3 Å². The van der Waals surface area contributed by atoms with Crippen molar-refractivity contribution in [2.45, 2.75) is 17.1 Å². The summed E-state index contributed by atoms with van der Waals surface area (Å²) in [4.78, 5) is 4.11. The fourth-order valence-corrected chi connectivity index (χ4v) is 3.48. The minimum Gasteiger partial charge on any atom is -0.271 e. The van der Waals surface area contributed by atoms with Crippen LogP contribution in [0.15, 0.2) is 35.4 Å². The van der Waals surface area contributed by atoms with E-state index in [1.807, 2.05) is 0 Å². The molecule has 1 aromatic heterocycles. The summed E-state index contributed by atoms with van der Waals surface area (Å²) >= 11 is 1.70. The van der Waals surface area contributed by atoms with E-state index in [2.05, 4.69) is 10.4 Å². The highest BCUT2D eigenvalue weighted by molar-refractivity contribution is 7.99. The average molecular weight is 337 g/mol. The number of rotatable bonds is 5. The Bertz CT molecular complexity index is 600. The van der Waals surface area contributed by atoms with Gasteiger partial charge in [-0.25, -0.2) is 9.37 Å². The zero-order chi connectivity index (χ0) is 15.5. The maximum atomic E-state index is 13.5. The number of benzene rings is 1. The van der Waals surface area contributed by atoms with E-state index < -0.39 is 17.2 Å². The highest BCUT2D eigenvalue weighted by atomic mass is 32.2. The third kappa shape index (κ3) is 4.16. The van der Waals surface area contributed by atoms with E-state index in [1.165, 1.54) is 17.8 Å². The molecule has 0 saturated carbocycles. The molecule has 21 heavy (non-hydrogen) atoms. The minimum absolute atomic E-state index is 0.289. The lowest BCUT2D eigenvalue weighted by Crippen LogP contribution is -2.29. The van der Waals surface area contributed by atoms with Crippen LogP contribution in [0.2, 0.25) is 0 Å². The van der Waals surface area contributed by atoms with Crippen molar-refractivity contribution < 1.29 is 17.6 Å². The molecule has 1 atom stereocenters. The standard InChI is InChI=1S/C12H11F4N3S2/c13-7-3-1-2-4-9(7)20-6-8(19-17)10-5-18-11(21-10)12(14,15)16/h1-5,8,19H,6,17H2. The first-order valence-corrected chi connectivity index (χ1v) is 7.58. The molecule has 9 heteroatoms. The highest BCUT2D eigenvalue weighted by Gasteiger charge is 2.35. The Morgan fingerprint density at radius 2 is 2.05 bits per heavy atom. The molecule has 1 heterocycles. The van der Waals surface area contributed by atoms with Crippen molar-refractivity contribution in [3.63, 3.8) is 0 Å². The molecule has 0 radical (unpaired) electrons. The Morgan fingerprint density at radius 1 is 1.33 bits per heavy atom. The van der Waals surface area contributed by atoms with Crippen molar-refractivity contribution in [1.29, 1.82) is 0 Å². The van der Waals surface area contributed by atoms with E-state index in [0.717, 1.165) is 6.20 Å². The summed E-state index contributed by atoms with van der Waals surface area (Å²) in [5.41, 5.74) is 2.43. The smallest absolute Gasteiger partial charge is 0.271 e. The van der Waals surface area contributed by atoms with E-state index in [-0.39, 0.29) is 11.6 Å². The maximum Gasteiger partial charge on any atom is 0.443 e. The first-order chi connectivity index (χ1) is 9.91. The lowest BCUT2D eigenvalue weighted by molar-refractivity contribution is -0.137. The predicted octanol–water partition coefficient (Wildman–Crippen LogP) is 3.60. The Kier molecular flexibility index (Phi) is 5.20.